The Morgan fingerprint density at radius 2 is 1.67 bits per heavy atom. The number of aliphatic hydroxyl groups is 1. The molecule has 2 aromatic carbocycles. The first-order chi connectivity index (χ1) is 10.1. The van der Waals surface area contributed by atoms with Crippen molar-refractivity contribution in [1.82, 2.24) is 0 Å². The maximum absolute atomic E-state index is 9.29. The Morgan fingerprint density at radius 3 is 2.24 bits per heavy atom. The minimum absolute atomic E-state index is 0.0451. The Bertz CT molecular complexity index is 593. The highest BCUT2D eigenvalue weighted by molar-refractivity contribution is 7.80. The molecule has 0 spiro atoms. The number of aryl methyl sites for hydroxylation is 2. The van der Waals surface area contributed by atoms with Gasteiger partial charge in [-0.05, 0) is 49.3 Å². The molecule has 0 fully saturated rings. The topological polar surface area (TPSA) is 35.5 Å². The van der Waals surface area contributed by atoms with E-state index < -0.39 is 0 Å². The van der Waals surface area contributed by atoms with Crippen LogP contribution in [-0.2, 0) is 0 Å². The number of nitrogens with one attached hydrogen (secondary N) is 1. The van der Waals surface area contributed by atoms with Crippen molar-refractivity contribution in [3.8, 4) is 0 Å². The molecule has 0 atom stereocenters. The first-order valence-corrected chi connectivity index (χ1v) is 7.35. The molecule has 0 unspecified atom stereocenters. The lowest BCUT2D eigenvalue weighted by molar-refractivity contribution is 0.306. The first kappa shape index (κ1) is 15.5. The van der Waals surface area contributed by atoms with E-state index in [1.54, 1.807) is 0 Å². The van der Waals surface area contributed by atoms with Crippen LogP contribution < -0.4 is 10.2 Å². The van der Waals surface area contributed by atoms with E-state index in [-0.39, 0.29) is 6.61 Å². The number of thiocarbonyl (C=S) groups is 1. The van der Waals surface area contributed by atoms with Crippen LogP contribution in [0.4, 0.5) is 11.4 Å². The Hall–Kier alpha value is -1.91. The SMILES string of the molecule is Cc1cccc(C)c1NC(=S)N(CCO)c1ccccc1. The van der Waals surface area contributed by atoms with Gasteiger partial charge in [-0.15, -0.1) is 0 Å². The number of aliphatic hydroxyl groups excluding tert-OH is 1. The van der Waals surface area contributed by atoms with Gasteiger partial charge in [-0.3, -0.25) is 0 Å². The van der Waals surface area contributed by atoms with Gasteiger partial charge in [0.1, 0.15) is 0 Å². The summed E-state index contributed by atoms with van der Waals surface area (Å²) in [6.45, 7) is 4.61. The molecule has 21 heavy (non-hydrogen) atoms. The van der Waals surface area contributed by atoms with Crippen LogP contribution in [0, 0.1) is 13.8 Å². The van der Waals surface area contributed by atoms with Gasteiger partial charge in [0.05, 0.1) is 6.61 Å². The van der Waals surface area contributed by atoms with E-state index in [9.17, 15) is 5.11 Å². The summed E-state index contributed by atoms with van der Waals surface area (Å²) < 4.78 is 0. The monoisotopic (exact) mass is 300 g/mol. The van der Waals surface area contributed by atoms with Gasteiger partial charge >= 0.3 is 0 Å². The van der Waals surface area contributed by atoms with Crippen molar-refractivity contribution < 1.29 is 5.11 Å². The van der Waals surface area contributed by atoms with Crippen LogP contribution in [0.5, 0.6) is 0 Å². The number of hydrogen-bond donors (Lipinski definition) is 2. The van der Waals surface area contributed by atoms with Crippen molar-refractivity contribution in [2.75, 3.05) is 23.4 Å². The molecule has 0 saturated carbocycles. The first-order valence-electron chi connectivity index (χ1n) is 6.94. The number of rotatable bonds is 4. The normalized spacial score (nSPS) is 10.2. The van der Waals surface area contributed by atoms with Crippen LogP contribution >= 0.6 is 12.2 Å². The van der Waals surface area contributed by atoms with Crippen LogP contribution in [0.2, 0.25) is 0 Å². The lowest BCUT2D eigenvalue weighted by atomic mass is 10.1. The molecule has 0 aliphatic rings. The molecule has 0 aliphatic carbocycles. The third-order valence-electron chi connectivity index (χ3n) is 3.35. The second kappa shape index (κ2) is 7.20. The lowest BCUT2D eigenvalue weighted by Gasteiger charge is -2.26. The molecule has 0 heterocycles. The maximum Gasteiger partial charge on any atom is 0.178 e. The van der Waals surface area contributed by atoms with Crippen LogP contribution in [0.1, 0.15) is 11.1 Å². The summed E-state index contributed by atoms with van der Waals surface area (Å²) in [5.74, 6) is 0. The van der Waals surface area contributed by atoms with Crippen molar-refractivity contribution >= 4 is 28.7 Å². The zero-order chi connectivity index (χ0) is 15.2. The largest absolute Gasteiger partial charge is 0.395 e. The molecule has 0 amide bonds. The van der Waals surface area contributed by atoms with Gasteiger partial charge in [-0.1, -0.05) is 36.4 Å². The van der Waals surface area contributed by atoms with Crippen molar-refractivity contribution in [3.63, 3.8) is 0 Å². The average Bonchev–Trinajstić information content (AvgIpc) is 2.49. The minimum atomic E-state index is 0.0451. The quantitative estimate of drug-likeness (QED) is 0.847. The Kier molecular flexibility index (Phi) is 5.31. The number of anilines is 2. The molecule has 2 rings (SSSR count). The molecule has 2 aromatic rings. The van der Waals surface area contributed by atoms with Gasteiger partial charge in [-0.2, -0.15) is 0 Å². The van der Waals surface area contributed by atoms with Crippen LogP contribution in [0.3, 0.4) is 0 Å². The van der Waals surface area contributed by atoms with Gasteiger partial charge in [-0.25, -0.2) is 0 Å². The Balaban J connectivity index is 2.24. The van der Waals surface area contributed by atoms with E-state index in [0.29, 0.717) is 11.7 Å². The third kappa shape index (κ3) is 3.80. The molecule has 0 saturated heterocycles. The highest BCUT2D eigenvalue weighted by Gasteiger charge is 2.13. The molecule has 4 heteroatoms. The van der Waals surface area contributed by atoms with Gasteiger partial charge in [0.25, 0.3) is 0 Å². The molecule has 2 N–H and O–H groups in total. The smallest absolute Gasteiger partial charge is 0.178 e. The van der Waals surface area contributed by atoms with Crippen molar-refractivity contribution in [1.29, 1.82) is 0 Å². The average molecular weight is 300 g/mol. The van der Waals surface area contributed by atoms with E-state index in [2.05, 4.69) is 31.3 Å². The van der Waals surface area contributed by atoms with E-state index in [1.807, 2.05) is 41.3 Å². The van der Waals surface area contributed by atoms with Crippen molar-refractivity contribution in [3.05, 3.63) is 59.7 Å². The summed E-state index contributed by atoms with van der Waals surface area (Å²) in [6, 6.07) is 16.0. The summed E-state index contributed by atoms with van der Waals surface area (Å²) in [7, 11) is 0. The number of para-hydroxylation sites is 2. The number of hydrogen-bond acceptors (Lipinski definition) is 2. The van der Waals surface area contributed by atoms with Crippen LogP contribution in [0.25, 0.3) is 0 Å². The second-order valence-corrected chi connectivity index (χ2v) is 5.29. The summed E-state index contributed by atoms with van der Waals surface area (Å²) in [4.78, 5) is 1.90. The zero-order valence-electron chi connectivity index (χ0n) is 12.3. The summed E-state index contributed by atoms with van der Waals surface area (Å²) in [5.41, 5.74) is 4.29. The molecule has 0 aromatic heterocycles. The summed E-state index contributed by atoms with van der Waals surface area (Å²) in [6.07, 6.45) is 0. The molecular weight excluding hydrogens is 280 g/mol. The standard InChI is InChI=1S/C17H20N2OS/c1-13-7-6-8-14(2)16(13)18-17(21)19(11-12-20)15-9-4-3-5-10-15/h3-10,20H,11-12H2,1-2H3,(H,18,21). The minimum Gasteiger partial charge on any atom is -0.395 e. The lowest BCUT2D eigenvalue weighted by Crippen LogP contribution is -2.37. The molecular formula is C17H20N2OS. The van der Waals surface area contributed by atoms with E-state index in [4.69, 9.17) is 12.2 Å². The van der Waals surface area contributed by atoms with E-state index >= 15 is 0 Å². The van der Waals surface area contributed by atoms with Gasteiger partial charge in [0, 0.05) is 17.9 Å². The number of nitrogens with zero attached hydrogens (tertiary/aromatic N) is 1. The highest BCUT2D eigenvalue weighted by Crippen LogP contribution is 2.21. The van der Waals surface area contributed by atoms with Crippen molar-refractivity contribution in [2.24, 2.45) is 0 Å². The van der Waals surface area contributed by atoms with Gasteiger partial charge in [0.15, 0.2) is 5.11 Å². The fraction of sp³-hybridized carbons (Fsp3) is 0.235. The predicted octanol–water partition coefficient (Wildman–Crippen LogP) is 3.50. The zero-order valence-corrected chi connectivity index (χ0v) is 13.2. The molecule has 0 aliphatic heterocycles. The molecule has 0 radical (unpaired) electrons. The fourth-order valence-corrected chi connectivity index (χ4v) is 2.54. The maximum atomic E-state index is 9.29. The fourth-order valence-electron chi connectivity index (χ4n) is 2.24. The summed E-state index contributed by atoms with van der Waals surface area (Å²) in [5, 5.41) is 13.2. The molecule has 110 valence electrons. The van der Waals surface area contributed by atoms with E-state index in [0.717, 1.165) is 22.5 Å². The highest BCUT2D eigenvalue weighted by atomic mass is 32.1. The third-order valence-corrected chi connectivity index (χ3v) is 3.67. The number of benzene rings is 2. The van der Waals surface area contributed by atoms with Crippen LogP contribution in [0.15, 0.2) is 48.5 Å². The second-order valence-electron chi connectivity index (χ2n) is 4.91. The van der Waals surface area contributed by atoms with E-state index in [1.165, 1.54) is 0 Å². The summed E-state index contributed by atoms with van der Waals surface area (Å²) >= 11 is 5.53. The Labute approximate surface area is 131 Å². The van der Waals surface area contributed by atoms with Gasteiger partial charge < -0.3 is 15.3 Å². The molecule has 0 bridgehead atoms. The Morgan fingerprint density at radius 1 is 1.05 bits per heavy atom. The van der Waals surface area contributed by atoms with Crippen molar-refractivity contribution in [2.45, 2.75) is 13.8 Å². The predicted molar refractivity (Wildman–Crippen MR) is 93.0 cm³/mol. The van der Waals surface area contributed by atoms with Crippen LogP contribution in [-0.4, -0.2) is 23.4 Å². The van der Waals surface area contributed by atoms with Gasteiger partial charge in [0.2, 0.25) is 0 Å². The molecule has 3 nitrogen and oxygen atoms in total.